The van der Waals surface area contributed by atoms with Crippen LogP contribution >= 0.6 is 0 Å². The second-order valence-electron chi connectivity index (χ2n) is 11.2. The van der Waals surface area contributed by atoms with Crippen molar-refractivity contribution >= 4 is 11.3 Å². The van der Waals surface area contributed by atoms with E-state index in [2.05, 4.69) is 151 Å². The molecule has 3 aromatic carbocycles. The molecule has 2 heterocycles. The number of rotatable bonds is 2. The van der Waals surface area contributed by atoms with Crippen LogP contribution in [0.1, 0.15) is 66.6 Å². The smallest absolute Gasteiger partial charge is 0.148 e. The minimum Gasteiger partial charge on any atom is -0.283 e. The van der Waals surface area contributed by atoms with Crippen LogP contribution in [0.25, 0.3) is 5.57 Å². The average molecular weight is 534 g/mol. The maximum atomic E-state index is 5.18. The van der Waals surface area contributed by atoms with Crippen molar-refractivity contribution < 1.29 is 5.32 Å². The van der Waals surface area contributed by atoms with E-state index in [4.69, 9.17) is 4.99 Å². The Morgan fingerprint density at radius 3 is 1.63 bits per heavy atom. The van der Waals surface area contributed by atoms with Crippen molar-refractivity contribution in [2.45, 2.75) is 55.4 Å². The lowest BCUT2D eigenvalue weighted by Crippen LogP contribution is -2.78. The summed E-state index contributed by atoms with van der Waals surface area (Å²) in [6.45, 7) is 17.1. The van der Waals surface area contributed by atoms with Gasteiger partial charge in [-0.2, -0.15) is 0 Å². The number of hydrogen-bond acceptors (Lipinski definition) is 1. The Kier molecular flexibility index (Phi) is 7.81. The van der Waals surface area contributed by atoms with Gasteiger partial charge in [0, 0.05) is 23.6 Å². The van der Waals surface area contributed by atoms with Gasteiger partial charge in [-0.3, -0.25) is 10.3 Å². The fourth-order valence-electron chi connectivity index (χ4n) is 5.54. The maximum absolute atomic E-state index is 5.18. The summed E-state index contributed by atoms with van der Waals surface area (Å²) in [6, 6.07) is 23.3. The number of allylic oxidation sites excluding steroid dienone is 6. The zero-order valence-electron chi connectivity index (χ0n) is 25.4. The molecule has 5 rings (SSSR count). The first-order valence-corrected chi connectivity index (χ1v) is 14.2. The Balaban J connectivity index is 1.67. The van der Waals surface area contributed by atoms with Gasteiger partial charge in [0.15, 0.2) is 0 Å². The highest BCUT2D eigenvalue weighted by Gasteiger charge is 2.32. The van der Waals surface area contributed by atoms with Crippen molar-refractivity contribution in [3.05, 3.63) is 145 Å². The van der Waals surface area contributed by atoms with Crippen LogP contribution in [0.15, 0.2) is 111 Å². The van der Waals surface area contributed by atoms with E-state index < -0.39 is 0 Å². The summed E-state index contributed by atoms with van der Waals surface area (Å²) >= 11 is 0. The van der Waals surface area contributed by atoms with Gasteiger partial charge in [-0.05, 0) is 95.0 Å². The van der Waals surface area contributed by atoms with E-state index in [1.165, 1.54) is 44.8 Å². The lowest BCUT2D eigenvalue weighted by Gasteiger charge is -2.17. The number of hydrogen-bond donors (Lipinski definition) is 1. The molecule has 2 N–H and O–H groups in total. The van der Waals surface area contributed by atoms with Gasteiger partial charge >= 0.3 is 0 Å². The highest BCUT2D eigenvalue weighted by Crippen LogP contribution is 2.39. The Morgan fingerprint density at radius 1 is 0.585 bits per heavy atom. The van der Waals surface area contributed by atoms with Crippen molar-refractivity contribution in [1.29, 1.82) is 0 Å². The lowest BCUT2D eigenvalue weighted by atomic mass is 9.88. The standard InChI is InChI=1S/C39H36N2/c1-24-12-16-32(17-13-24)20-22-34-28(5)38(40-30(34)7)37(36-26(3)10-9-11-27(36)4)39-29(6)35(31(8)41-39)23-21-33-18-14-25(2)15-19-33/h9-19,40H,1-8H3/p+1/b39-37-. The summed E-state index contributed by atoms with van der Waals surface area (Å²) in [4.78, 5) is 5.18. The van der Waals surface area contributed by atoms with E-state index >= 15 is 0 Å². The van der Waals surface area contributed by atoms with Gasteiger partial charge in [-0.15, -0.1) is 0 Å². The van der Waals surface area contributed by atoms with Crippen LogP contribution in [0.4, 0.5) is 0 Å². The van der Waals surface area contributed by atoms with Gasteiger partial charge in [0.1, 0.15) is 11.4 Å². The summed E-state index contributed by atoms with van der Waals surface area (Å²) in [5, 5.41) is 2.29. The monoisotopic (exact) mass is 533 g/mol. The van der Waals surface area contributed by atoms with Crippen molar-refractivity contribution in [1.82, 2.24) is 0 Å². The minimum atomic E-state index is 0.959. The Labute approximate surface area is 245 Å². The third kappa shape index (κ3) is 5.67. The van der Waals surface area contributed by atoms with Gasteiger partial charge in [0.05, 0.1) is 28.1 Å². The zero-order chi connectivity index (χ0) is 29.3. The maximum Gasteiger partial charge on any atom is 0.148 e. The normalized spacial score (nSPS) is 16.0. The fourth-order valence-corrected chi connectivity index (χ4v) is 5.54. The van der Waals surface area contributed by atoms with E-state index in [1.54, 1.807) is 0 Å². The number of nitrogens with zero attached hydrogens (tertiary/aromatic N) is 1. The molecule has 0 bridgehead atoms. The van der Waals surface area contributed by atoms with Gasteiger partial charge in [0.2, 0.25) is 0 Å². The Bertz CT molecular complexity index is 1820. The molecular formula is C39H37N2+. The highest BCUT2D eigenvalue weighted by atomic mass is 14.9. The SMILES string of the molecule is CC1=N/C(=C(\C2=C(C)C(C#Cc3ccc(C)cc3)=C(C)[NH2+]2)c2c(C)cccc2C)C(C)=C1C#Cc1ccc(C)cc1. The summed E-state index contributed by atoms with van der Waals surface area (Å²) < 4.78 is 0. The molecule has 0 saturated carbocycles. The van der Waals surface area contributed by atoms with Crippen LogP contribution in [0.3, 0.4) is 0 Å². The molecule has 0 aromatic heterocycles. The number of aliphatic imine (C=N–C) groups is 1. The quantitative estimate of drug-likeness (QED) is 0.328. The van der Waals surface area contributed by atoms with Crippen molar-refractivity contribution in [3.8, 4) is 23.7 Å². The zero-order valence-corrected chi connectivity index (χ0v) is 25.4. The largest absolute Gasteiger partial charge is 0.283 e. The molecule has 2 aliphatic rings. The molecular weight excluding hydrogens is 496 g/mol. The molecule has 0 saturated heterocycles. The van der Waals surface area contributed by atoms with E-state index in [-0.39, 0.29) is 0 Å². The van der Waals surface area contributed by atoms with E-state index in [1.807, 2.05) is 0 Å². The van der Waals surface area contributed by atoms with Crippen LogP contribution in [-0.4, -0.2) is 5.71 Å². The molecule has 0 radical (unpaired) electrons. The first-order valence-electron chi connectivity index (χ1n) is 14.2. The van der Waals surface area contributed by atoms with Crippen LogP contribution in [0, 0.1) is 51.4 Å². The molecule has 0 unspecified atom stereocenters. The molecule has 0 aliphatic carbocycles. The average Bonchev–Trinajstić information content (AvgIpc) is 3.38. The number of quaternary nitrogens is 1. The second kappa shape index (κ2) is 11.5. The molecule has 0 atom stereocenters. The van der Waals surface area contributed by atoms with E-state index in [9.17, 15) is 0 Å². The van der Waals surface area contributed by atoms with Gasteiger partial charge in [0.25, 0.3) is 0 Å². The van der Waals surface area contributed by atoms with Gasteiger partial charge in [-0.25, -0.2) is 0 Å². The second-order valence-corrected chi connectivity index (χ2v) is 11.2. The Morgan fingerprint density at radius 2 is 1.10 bits per heavy atom. The molecule has 202 valence electrons. The van der Waals surface area contributed by atoms with Crippen LogP contribution < -0.4 is 5.32 Å². The first-order chi connectivity index (χ1) is 19.6. The fraction of sp³-hybridized carbons (Fsp3) is 0.205. The summed E-state index contributed by atoms with van der Waals surface area (Å²) in [6.07, 6.45) is 0. The first kappa shape index (κ1) is 27.9. The molecule has 2 heteroatoms. The number of nitrogens with two attached hydrogens (primary N) is 1. The molecule has 2 aliphatic heterocycles. The van der Waals surface area contributed by atoms with Crippen LogP contribution in [0.5, 0.6) is 0 Å². The summed E-state index contributed by atoms with van der Waals surface area (Å²) in [5.74, 6) is 13.7. The number of aryl methyl sites for hydroxylation is 4. The molecule has 41 heavy (non-hydrogen) atoms. The molecule has 0 spiro atoms. The summed E-state index contributed by atoms with van der Waals surface area (Å²) in [7, 11) is 0. The van der Waals surface area contributed by atoms with Gasteiger partial charge < -0.3 is 0 Å². The summed E-state index contributed by atoms with van der Waals surface area (Å²) in [5.41, 5.74) is 18.1. The number of benzene rings is 3. The Hall–Kier alpha value is -4.63. The van der Waals surface area contributed by atoms with E-state index in [0.29, 0.717) is 0 Å². The molecule has 3 aromatic rings. The molecule has 0 amide bonds. The predicted molar refractivity (Wildman–Crippen MR) is 172 cm³/mol. The topological polar surface area (TPSA) is 29.0 Å². The lowest BCUT2D eigenvalue weighted by molar-refractivity contribution is -0.544. The van der Waals surface area contributed by atoms with Crippen molar-refractivity contribution in [2.75, 3.05) is 0 Å². The van der Waals surface area contributed by atoms with Crippen LogP contribution in [-0.2, 0) is 0 Å². The van der Waals surface area contributed by atoms with Gasteiger partial charge in [-0.1, -0.05) is 77.3 Å². The highest BCUT2D eigenvalue weighted by molar-refractivity contribution is 6.09. The molecule has 2 nitrogen and oxygen atoms in total. The van der Waals surface area contributed by atoms with Crippen LogP contribution in [0.2, 0.25) is 0 Å². The van der Waals surface area contributed by atoms with Crippen molar-refractivity contribution in [2.24, 2.45) is 4.99 Å². The predicted octanol–water partition coefficient (Wildman–Crippen LogP) is 7.65. The van der Waals surface area contributed by atoms with E-state index in [0.717, 1.165) is 44.8 Å². The molecule has 0 fully saturated rings. The van der Waals surface area contributed by atoms with Crippen molar-refractivity contribution in [3.63, 3.8) is 0 Å². The third-order valence-corrected chi connectivity index (χ3v) is 7.91. The minimum absolute atomic E-state index is 0.959. The third-order valence-electron chi connectivity index (χ3n) is 7.91.